The van der Waals surface area contributed by atoms with Crippen LogP contribution in [0.4, 0.5) is 0 Å². The van der Waals surface area contributed by atoms with Gasteiger partial charge >= 0.3 is 0 Å². The van der Waals surface area contributed by atoms with Crippen LogP contribution in [0.5, 0.6) is 17.2 Å². The molecule has 0 aliphatic heterocycles. The summed E-state index contributed by atoms with van der Waals surface area (Å²) in [5.74, 6) is -9.14. The SMILES string of the molecule is CC(=O)C1=C(O)C(=C2C(=O)C(c3c(O)cc(O)c(C(C)=O)c3O)=C2O)C(=O)C=C1O. The summed E-state index contributed by atoms with van der Waals surface area (Å²) in [6.45, 7) is 2.00. The minimum absolute atomic E-state index is 0.584. The van der Waals surface area contributed by atoms with Crippen molar-refractivity contribution >= 4 is 28.7 Å². The minimum Gasteiger partial charge on any atom is -0.507 e. The zero-order valence-corrected chi connectivity index (χ0v) is 15.5. The summed E-state index contributed by atoms with van der Waals surface area (Å²) in [5.41, 5.74) is -4.07. The van der Waals surface area contributed by atoms with Crippen molar-refractivity contribution in [2.75, 3.05) is 0 Å². The minimum atomic E-state index is -1.11. The normalized spacial score (nSPS) is 19.1. The number of aliphatic hydroxyl groups is 3. The second-order valence-electron chi connectivity index (χ2n) is 6.55. The average Bonchev–Trinajstić information content (AvgIpc) is 2.60. The Kier molecular flexibility index (Phi) is 4.50. The van der Waals surface area contributed by atoms with E-state index in [9.17, 15) is 49.8 Å². The Bertz CT molecular complexity index is 1220. The first-order valence-electron chi connectivity index (χ1n) is 8.31. The zero-order valence-electron chi connectivity index (χ0n) is 15.5. The van der Waals surface area contributed by atoms with Gasteiger partial charge in [0.15, 0.2) is 17.3 Å². The Morgan fingerprint density at radius 3 is 1.87 bits per heavy atom. The van der Waals surface area contributed by atoms with Crippen molar-refractivity contribution in [1.82, 2.24) is 0 Å². The molecule has 0 unspecified atom stereocenters. The molecule has 6 N–H and O–H groups in total. The van der Waals surface area contributed by atoms with Gasteiger partial charge in [0.25, 0.3) is 0 Å². The monoisotopic (exact) mass is 414 g/mol. The number of aromatic hydroxyl groups is 3. The first kappa shape index (κ1) is 20.4. The number of carbonyl (C=O) groups is 4. The smallest absolute Gasteiger partial charge is 0.202 e. The lowest BCUT2D eigenvalue weighted by Crippen LogP contribution is -2.28. The molecular formula is C20H14O10. The topological polar surface area (TPSA) is 190 Å². The largest absolute Gasteiger partial charge is 0.507 e. The van der Waals surface area contributed by atoms with Crippen molar-refractivity contribution in [3.8, 4) is 17.2 Å². The summed E-state index contributed by atoms with van der Waals surface area (Å²) in [6.07, 6.45) is 0.584. The number of phenols is 3. The maximum Gasteiger partial charge on any atom is 0.202 e. The Labute approximate surface area is 167 Å². The highest BCUT2D eigenvalue weighted by atomic mass is 16.3. The van der Waals surface area contributed by atoms with Gasteiger partial charge in [-0.15, -0.1) is 0 Å². The number of hydrogen-bond acceptors (Lipinski definition) is 10. The van der Waals surface area contributed by atoms with Crippen LogP contribution in [0.1, 0.15) is 29.8 Å². The number of ketones is 4. The molecule has 3 rings (SSSR count). The molecule has 0 aromatic heterocycles. The predicted octanol–water partition coefficient (Wildman–Crippen LogP) is 1.58. The first-order valence-corrected chi connectivity index (χ1v) is 8.31. The van der Waals surface area contributed by atoms with Gasteiger partial charge < -0.3 is 30.6 Å². The van der Waals surface area contributed by atoms with Crippen molar-refractivity contribution in [2.24, 2.45) is 0 Å². The van der Waals surface area contributed by atoms with E-state index in [1.54, 1.807) is 0 Å². The van der Waals surface area contributed by atoms with E-state index in [0.29, 0.717) is 12.1 Å². The number of carbonyl (C=O) groups excluding carboxylic acids is 4. The number of benzene rings is 1. The molecule has 0 heterocycles. The third-order valence-corrected chi connectivity index (χ3v) is 4.64. The van der Waals surface area contributed by atoms with Gasteiger partial charge in [0.1, 0.15) is 45.7 Å². The number of rotatable bonds is 3. The van der Waals surface area contributed by atoms with Crippen molar-refractivity contribution in [3.05, 3.63) is 57.3 Å². The van der Waals surface area contributed by atoms with E-state index in [1.165, 1.54) is 0 Å². The molecule has 10 nitrogen and oxygen atoms in total. The first-order chi connectivity index (χ1) is 13.9. The van der Waals surface area contributed by atoms with E-state index in [-0.39, 0.29) is 0 Å². The third kappa shape index (κ3) is 2.65. The number of hydrogen-bond donors (Lipinski definition) is 6. The summed E-state index contributed by atoms with van der Waals surface area (Å²) in [5, 5.41) is 60.4. The molecule has 0 fully saturated rings. The molecule has 2 aliphatic carbocycles. The van der Waals surface area contributed by atoms with Crippen molar-refractivity contribution in [2.45, 2.75) is 13.8 Å². The molecule has 0 atom stereocenters. The molecule has 0 bridgehead atoms. The fourth-order valence-electron chi connectivity index (χ4n) is 3.32. The van der Waals surface area contributed by atoms with Gasteiger partial charge in [-0.3, -0.25) is 19.2 Å². The Hall–Kier alpha value is -4.34. The van der Waals surface area contributed by atoms with E-state index in [0.717, 1.165) is 13.8 Å². The van der Waals surface area contributed by atoms with E-state index in [1.807, 2.05) is 0 Å². The second kappa shape index (κ2) is 6.62. The standard InChI is InChI=1S/C20H14O10/c1-5(21)11-7(23)3-9(25)13(17(11)27)15-19(29)16(20(15)30)14-10(26)4-8(24)12(6(2)22)18(14)28/h3-4,23-25,27-29H,1-2H3. The fourth-order valence-corrected chi connectivity index (χ4v) is 3.32. The summed E-state index contributed by atoms with van der Waals surface area (Å²) in [6, 6.07) is 0.683. The van der Waals surface area contributed by atoms with Crippen LogP contribution < -0.4 is 0 Å². The quantitative estimate of drug-likeness (QED) is 0.313. The lowest BCUT2D eigenvalue weighted by molar-refractivity contribution is -0.115. The molecule has 30 heavy (non-hydrogen) atoms. The van der Waals surface area contributed by atoms with Crippen molar-refractivity contribution < 1.29 is 49.8 Å². The van der Waals surface area contributed by atoms with Crippen LogP contribution in [0.15, 0.2) is 46.1 Å². The summed E-state index contributed by atoms with van der Waals surface area (Å²) >= 11 is 0. The van der Waals surface area contributed by atoms with Gasteiger partial charge in [-0.25, -0.2) is 0 Å². The molecule has 10 heteroatoms. The highest BCUT2D eigenvalue weighted by Gasteiger charge is 2.44. The van der Waals surface area contributed by atoms with Gasteiger partial charge in [-0.1, -0.05) is 0 Å². The Balaban J connectivity index is 2.31. The lowest BCUT2D eigenvalue weighted by Gasteiger charge is -2.26. The molecule has 2 aliphatic rings. The summed E-state index contributed by atoms with van der Waals surface area (Å²) < 4.78 is 0. The number of Topliss-reactive ketones (excluding diaryl/α,β-unsaturated/α-hetero) is 3. The van der Waals surface area contributed by atoms with Crippen LogP contribution in [0, 0.1) is 0 Å². The van der Waals surface area contributed by atoms with E-state index < -0.39 is 91.1 Å². The van der Waals surface area contributed by atoms with E-state index >= 15 is 0 Å². The zero-order chi connectivity index (χ0) is 22.7. The molecule has 0 saturated heterocycles. The molecule has 1 aromatic rings. The molecule has 0 spiro atoms. The summed E-state index contributed by atoms with van der Waals surface area (Å²) in [4.78, 5) is 48.2. The van der Waals surface area contributed by atoms with Crippen LogP contribution >= 0.6 is 0 Å². The fraction of sp³-hybridized carbons (Fsp3) is 0.100. The third-order valence-electron chi connectivity index (χ3n) is 4.64. The van der Waals surface area contributed by atoms with E-state index in [2.05, 4.69) is 0 Å². The van der Waals surface area contributed by atoms with Gasteiger partial charge in [0, 0.05) is 12.1 Å². The molecule has 0 amide bonds. The van der Waals surface area contributed by atoms with Crippen LogP contribution in [-0.2, 0) is 14.4 Å². The highest BCUT2D eigenvalue weighted by molar-refractivity contribution is 6.42. The molecule has 0 radical (unpaired) electrons. The highest BCUT2D eigenvalue weighted by Crippen LogP contribution is 2.49. The van der Waals surface area contributed by atoms with Crippen LogP contribution in [0.3, 0.4) is 0 Å². The van der Waals surface area contributed by atoms with Crippen LogP contribution in [0.2, 0.25) is 0 Å². The van der Waals surface area contributed by atoms with Gasteiger partial charge in [0.05, 0.1) is 22.3 Å². The second-order valence-corrected chi connectivity index (χ2v) is 6.55. The Morgan fingerprint density at radius 2 is 1.37 bits per heavy atom. The van der Waals surface area contributed by atoms with Crippen molar-refractivity contribution in [3.63, 3.8) is 0 Å². The maximum absolute atomic E-state index is 12.7. The average molecular weight is 414 g/mol. The van der Waals surface area contributed by atoms with Gasteiger partial charge in [-0.2, -0.15) is 0 Å². The molecule has 154 valence electrons. The molecule has 1 aromatic carbocycles. The number of aliphatic hydroxyl groups excluding tert-OH is 3. The van der Waals surface area contributed by atoms with Crippen LogP contribution in [-0.4, -0.2) is 53.8 Å². The maximum atomic E-state index is 12.7. The predicted molar refractivity (Wildman–Crippen MR) is 99.1 cm³/mol. The number of phenolic OH excluding ortho intramolecular Hbond substituents is 3. The molecular weight excluding hydrogens is 400 g/mol. The van der Waals surface area contributed by atoms with Gasteiger partial charge in [-0.05, 0) is 13.8 Å². The summed E-state index contributed by atoms with van der Waals surface area (Å²) in [7, 11) is 0. The van der Waals surface area contributed by atoms with Gasteiger partial charge in [0.2, 0.25) is 5.78 Å². The molecule has 0 saturated carbocycles. The Morgan fingerprint density at radius 1 is 0.767 bits per heavy atom. The number of allylic oxidation sites excluding steroid dienone is 5. The lowest BCUT2D eigenvalue weighted by atomic mass is 9.77. The van der Waals surface area contributed by atoms with Crippen molar-refractivity contribution in [1.29, 1.82) is 0 Å². The van der Waals surface area contributed by atoms with E-state index in [4.69, 9.17) is 0 Å². The van der Waals surface area contributed by atoms with Crippen LogP contribution in [0.25, 0.3) is 5.57 Å².